The maximum Gasteiger partial charge on any atom is 0.256 e. The molecular formula is C22H23N3O2. The Kier molecular flexibility index (Phi) is 4.44. The van der Waals surface area contributed by atoms with Gasteiger partial charge in [-0.05, 0) is 32.0 Å². The second-order valence-corrected chi connectivity index (χ2v) is 7.12. The van der Waals surface area contributed by atoms with Gasteiger partial charge in [-0.15, -0.1) is 0 Å². The van der Waals surface area contributed by atoms with E-state index in [1.54, 1.807) is 0 Å². The van der Waals surface area contributed by atoms with Crippen LogP contribution in [0.3, 0.4) is 0 Å². The Bertz CT molecular complexity index is 1010. The van der Waals surface area contributed by atoms with E-state index in [0.29, 0.717) is 31.7 Å². The van der Waals surface area contributed by atoms with Crippen molar-refractivity contribution in [3.8, 4) is 0 Å². The number of fused-ring (bicyclic) bond motifs is 1. The van der Waals surface area contributed by atoms with Gasteiger partial charge in [-0.25, -0.2) is 0 Å². The van der Waals surface area contributed by atoms with Crippen LogP contribution in [0.4, 0.5) is 0 Å². The van der Waals surface area contributed by atoms with E-state index in [1.807, 2.05) is 72.2 Å². The number of hydrogen-bond acceptors (Lipinski definition) is 2. The van der Waals surface area contributed by atoms with Crippen molar-refractivity contribution in [2.75, 3.05) is 26.2 Å². The van der Waals surface area contributed by atoms with E-state index in [2.05, 4.69) is 4.98 Å². The second kappa shape index (κ2) is 6.91. The van der Waals surface area contributed by atoms with E-state index in [-0.39, 0.29) is 11.8 Å². The van der Waals surface area contributed by atoms with Gasteiger partial charge in [-0.3, -0.25) is 9.59 Å². The molecular weight excluding hydrogens is 338 g/mol. The zero-order valence-electron chi connectivity index (χ0n) is 15.7. The summed E-state index contributed by atoms with van der Waals surface area (Å²) in [5.41, 5.74) is 4.39. The Balaban J connectivity index is 1.48. The predicted octanol–water partition coefficient (Wildman–Crippen LogP) is 3.38. The minimum atomic E-state index is 0.0348. The number of nitrogens with zero attached hydrogens (tertiary/aromatic N) is 2. The van der Waals surface area contributed by atoms with Crippen LogP contribution < -0.4 is 0 Å². The Labute approximate surface area is 158 Å². The third-order valence-corrected chi connectivity index (χ3v) is 5.23. The summed E-state index contributed by atoms with van der Waals surface area (Å²) in [4.78, 5) is 32.8. The summed E-state index contributed by atoms with van der Waals surface area (Å²) in [7, 11) is 0. The van der Waals surface area contributed by atoms with Crippen molar-refractivity contribution >= 4 is 22.7 Å². The number of rotatable bonds is 2. The number of aromatic nitrogens is 1. The quantitative estimate of drug-likeness (QED) is 0.761. The number of carbonyl (C=O) groups is 2. The molecule has 1 fully saturated rings. The van der Waals surface area contributed by atoms with Crippen LogP contribution in [0, 0.1) is 13.8 Å². The highest BCUT2D eigenvalue weighted by molar-refractivity contribution is 6.08. The summed E-state index contributed by atoms with van der Waals surface area (Å²) in [6, 6.07) is 15.5. The van der Waals surface area contributed by atoms with Crippen molar-refractivity contribution in [1.82, 2.24) is 14.8 Å². The SMILES string of the molecule is Cc1cccc(C(=O)N2CCN(C(=O)c3c(C)[nH]c4ccccc34)CC2)c1. The van der Waals surface area contributed by atoms with Gasteiger partial charge in [0, 0.05) is 48.3 Å². The molecule has 2 heterocycles. The number of para-hydroxylation sites is 1. The zero-order chi connectivity index (χ0) is 19.0. The number of aryl methyl sites for hydroxylation is 2. The smallest absolute Gasteiger partial charge is 0.256 e. The lowest BCUT2D eigenvalue weighted by molar-refractivity contribution is 0.0536. The summed E-state index contributed by atoms with van der Waals surface area (Å²) in [6.45, 7) is 6.13. The van der Waals surface area contributed by atoms with Crippen LogP contribution in [0.1, 0.15) is 32.0 Å². The fourth-order valence-electron chi connectivity index (χ4n) is 3.78. The van der Waals surface area contributed by atoms with Crippen LogP contribution in [0.5, 0.6) is 0 Å². The summed E-state index contributed by atoms with van der Waals surface area (Å²) >= 11 is 0. The van der Waals surface area contributed by atoms with Crippen molar-refractivity contribution in [3.05, 3.63) is 70.9 Å². The predicted molar refractivity (Wildman–Crippen MR) is 106 cm³/mol. The normalized spacial score (nSPS) is 14.6. The third-order valence-electron chi connectivity index (χ3n) is 5.23. The van der Waals surface area contributed by atoms with E-state index < -0.39 is 0 Å². The molecule has 1 aliphatic rings. The Hall–Kier alpha value is -3.08. The molecule has 0 saturated carbocycles. The number of nitrogens with one attached hydrogen (secondary N) is 1. The molecule has 5 nitrogen and oxygen atoms in total. The van der Waals surface area contributed by atoms with E-state index >= 15 is 0 Å². The average Bonchev–Trinajstić information content (AvgIpc) is 3.02. The van der Waals surface area contributed by atoms with Gasteiger partial charge >= 0.3 is 0 Å². The first kappa shape index (κ1) is 17.3. The summed E-state index contributed by atoms with van der Waals surface area (Å²) in [6.07, 6.45) is 0. The number of aromatic amines is 1. The first-order chi connectivity index (χ1) is 13.0. The molecule has 0 radical (unpaired) electrons. The van der Waals surface area contributed by atoms with Crippen LogP contribution in [-0.4, -0.2) is 52.8 Å². The van der Waals surface area contributed by atoms with Crippen LogP contribution >= 0.6 is 0 Å². The number of H-pyrrole nitrogens is 1. The van der Waals surface area contributed by atoms with Gasteiger partial charge in [-0.1, -0.05) is 35.9 Å². The second-order valence-electron chi connectivity index (χ2n) is 7.12. The van der Waals surface area contributed by atoms with Crippen LogP contribution in [0.15, 0.2) is 48.5 Å². The first-order valence-electron chi connectivity index (χ1n) is 9.27. The molecule has 1 N–H and O–H groups in total. The summed E-state index contributed by atoms with van der Waals surface area (Å²) < 4.78 is 0. The van der Waals surface area contributed by atoms with Crippen molar-refractivity contribution in [2.24, 2.45) is 0 Å². The van der Waals surface area contributed by atoms with Crippen molar-refractivity contribution < 1.29 is 9.59 Å². The van der Waals surface area contributed by atoms with E-state index in [1.165, 1.54) is 0 Å². The molecule has 27 heavy (non-hydrogen) atoms. The van der Waals surface area contributed by atoms with Crippen LogP contribution in [-0.2, 0) is 0 Å². The Morgan fingerprint density at radius 1 is 0.852 bits per heavy atom. The number of piperazine rings is 1. The van der Waals surface area contributed by atoms with Crippen molar-refractivity contribution in [1.29, 1.82) is 0 Å². The van der Waals surface area contributed by atoms with E-state index in [4.69, 9.17) is 0 Å². The highest BCUT2D eigenvalue weighted by Gasteiger charge is 2.27. The number of carbonyl (C=O) groups excluding carboxylic acids is 2. The minimum Gasteiger partial charge on any atom is -0.358 e. The number of amides is 2. The lowest BCUT2D eigenvalue weighted by atomic mass is 10.1. The van der Waals surface area contributed by atoms with E-state index in [9.17, 15) is 9.59 Å². The highest BCUT2D eigenvalue weighted by Crippen LogP contribution is 2.24. The van der Waals surface area contributed by atoms with Crippen molar-refractivity contribution in [2.45, 2.75) is 13.8 Å². The van der Waals surface area contributed by atoms with Gasteiger partial charge < -0.3 is 14.8 Å². The van der Waals surface area contributed by atoms with Gasteiger partial charge in [0.05, 0.1) is 5.56 Å². The minimum absolute atomic E-state index is 0.0348. The van der Waals surface area contributed by atoms with E-state index in [0.717, 1.165) is 27.7 Å². The molecule has 0 unspecified atom stereocenters. The fraction of sp³-hybridized carbons (Fsp3) is 0.273. The molecule has 4 rings (SSSR count). The molecule has 1 aromatic heterocycles. The Morgan fingerprint density at radius 2 is 1.52 bits per heavy atom. The van der Waals surface area contributed by atoms with Gasteiger partial charge in [-0.2, -0.15) is 0 Å². The molecule has 0 aliphatic carbocycles. The number of benzene rings is 2. The molecule has 1 saturated heterocycles. The summed E-state index contributed by atoms with van der Waals surface area (Å²) in [5, 5.41) is 0.957. The average molecular weight is 361 g/mol. The molecule has 0 bridgehead atoms. The van der Waals surface area contributed by atoms with Crippen molar-refractivity contribution in [3.63, 3.8) is 0 Å². The maximum atomic E-state index is 13.1. The third kappa shape index (κ3) is 3.21. The molecule has 0 spiro atoms. The fourth-order valence-corrected chi connectivity index (χ4v) is 3.78. The number of hydrogen-bond donors (Lipinski definition) is 1. The molecule has 138 valence electrons. The molecule has 2 amide bonds. The van der Waals surface area contributed by atoms with Gasteiger partial charge in [0.25, 0.3) is 11.8 Å². The molecule has 3 aromatic rings. The lowest BCUT2D eigenvalue weighted by Gasteiger charge is -2.35. The monoisotopic (exact) mass is 361 g/mol. The standard InChI is InChI=1S/C22H23N3O2/c1-15-6-5-7-17(14-15)21(26)24-10-12-25(13-11-24)22(27)20-16(2)23-19-9-4-3-8-18(19)20/h3-9,14,23H,10-13H2,1-2H3. The molecule has 5 heteroatoms. The summed E-state index contributed by atoms with van der Waals surface area (Å²) in [5.74, 6) is 0.0710. The lowest BCUT2D eigenvalue weighted by Crippen LogP contribution is -2.50. The van der Waals surface area contributed by atoms with Gasteiger partial charge in [0.1, 0.15) is 0 Å². The van der Waals surface area contributed by atoms with Crippen LogP contribution in [0.25, 0.3) is 10.9 Å². The zero-order valence-corrected chi connectivity index (χ0v) is 15.7. The first-order valence-corrected chi connectivity index (χ1v) is 9.27. The topological polar surface area (TPSA) is 56.4 Å². The van der Waals surface area contributed by atoms with Gasteiger partial charge in [0.15, 0.2) is 0 Å². The molecule has 1 aliphatic heterocycles. The Morgan fingerprint density at radius 3 is 2.22 bits per heavy atom. The van der Waals surface area contributed by atoms with Crippen LogP contribution in [0.2, 0.25) is 0 Å². The largest absolute Gasteiger partial charge is 0.358 e. The van der Waals surface area contributed by atoms with Gasteiger partial charge in [0.2, 0.25) is 0 Å². The maximum absolute atomic E-state index is 13.1. The molecule has 2 aromatic carbocycles. The molecule has 0 atom stereocenters. The highest BCUT2D eigenvalue weighted by atomic mass is 16.2.